The maximum atomic E-state index is 12.4. The predicted octanol–water partition coefficient (Wildman–Crippen LogP) is 3.77. The van der Waals surface area contributed by atoms with Gasteiger partial charge in [0.25, 0.3) is 5.91 Å². The van der Waals surface area contributed by atoms with E-state index in [1.165, 1.54) is 24.9 Å². The van der Waals surface area contributed by atoms with E-state index < -0.39 is 0 Å². The number of carbonyl (C=O) groups excluding carboxylic acids is 1. The molecule has 1 aromatic carbocycles. The minimum absolute atomic E-state index is 0. The van der Waals surface area contributed by atoms with E-state index in [1.807, 2.05) is 18.2 Å². The van der Waals surface area contributed by atoms with Gasteiger partial charge >= 0.3 is 0 Å². The van der Waals surface area contributed by atoms with E-state index in [9.17, 15) is 9.90 Å². The first-order valence-corrected chi connectivity index (χ1v) is 9.43. The molecule has 1 aliphatic heterocycles. The maximum Gasteiger partial charge on any atom is 0.261 e. The number of thiophene rings is 1. The molecule has 7 heteroatoms. The first kappa shape index (κ1) is 20.6. The van der Waals surface area contributed by atoms with Gasteiger partial charge in [-0.15, -0.1) is 23.7 Å². The van der Waals surface area contributed by atoms with Crippen molar-refractivity contribution < 1.29 is 14.6 Å². The van der Waals surface area contributed by atoms with Gasteiger partial charge in [0.05, 0.1) is 12.0 Å². The van der Waals surface area contributed by atoms with Crippen LogP contribution in [0.15, 0.2) is 30.3 Å². The lowest BCUT2D eigenvalue weighted by Crippen LogP contribution is -2.39. The van der Waals surface area contributed by atoms with Gasteiger partial charge in [-0.05, 0) is 61.8 Å². The number of ether oxygens (including phenoxy) is 1. The summed E-state index contributed by atoms with van der Waals surface area (Å²) < 4.78 is 5.15. The van der Waals surface area contributed by atoms with Crippen LogP contribution in [0.2, 0.25) is 0 Å². The highest BCUT2D eigenvalue weighted by atomic mass is 35.5. The Labute approximate surface area is 164 Å². The molecule has 1 amide bonds. The average molecular weight is 397 g/mol. The lowest BCUT2D eigenvalue weighted by molar-refractivity contribution is 0.0945. The van der Waals surface area contributed by atoms with Crippen molar-refractivity contribution in [1.29, 1.82) is 0 Å². The Morgan fingerprint density at radius 1 is 1.38 bits per heavy atom. The highest BCUT2D eigenvalue weighted by molar-refractivity contribution is 7.17. The molecule has 1 fully saturated rings. The quantitative estimate of drug-likeness (QED) is 0.780. The number of nitrogens with one attached hydrogen (secondary N) is 1. The van der Waals surface area contributed by atoms with Crippen molar-refractivity contribution >= 4 is 29.7 Å². The molecule has 142 valence electrons. The molecule has 2 aromatic rings. The third-order valence-electron chi connectivity index (χ3n) is 4.70. The van der Waals surface area contributed by atoms with Crippen LogP contribution >= 0.6 is 23.7 Å². The number of halogens is 1. The van der Waals surface area contributed by atoms with Crippen LogP contribution < -0.4 is 10.1 Å². The molecule has 1 saturated heterocycles. The van der Waals surface area contributed by atoms with Gasteiger partial charge < -0.3 is 15.2 Å². The fourth-order valence-corrected chi connectivity index (χ4v) is 4.20. The first-order valence-electron chi connectivity index (χ1n) is 8.61. The normalized spacial score (nSPS) is 16.9. The van der Waals surface area contributed by atoms with Crippen molar-refractivity contribution in [1.82, 2.24) is 10.2 Å². The number of likely N-dealkylation sites (N-methyl/N-ethyl adjacent to an activating group) is 1. The summed E-state index contributed by atoms with van der Waals surface area (Å²) in [7, 11) is 1.52. The summed E-state index contributed by atoms with van der Waals surface area (Å²) in [5.41, 5.74) is 0.923. The maximum absolute atomic E-state index is 12.4. The Kier molecular flexibility index (Phi) is 7.32. The first-order chi connectivity index (χ1) is 12.1. The van der Waals surface area contributed by atoms with Crippen molar-refractivity contribution in [2.45, 2.75) is 25.8 Å². The fraction of sp³-hybridized carbons (Fsp3) is 0.421. The van der Waals surface area contributed by atoms with Gasteiger partial charge in [0, 0.05) is 17.5 Å². The van der Waals surface area contributed by atoms with E-state index in [1.54, 1.807) is 12.1 Å². The second kappa shape index (κ2) is 9.26. The minimum atomic E-state index is -0.0232. The van der Waals surface area contributed by atoms with Crippen molar-refractivity contribution in [3.8, 4) is 21.9 Å². The number of hydrogen-bond acceptors (Lipinski definition) is 5. The van der Waals surface area contributed by atoms with Gasteiger partial charge in [-0.3, -0.25) is 9.69 Å². The smallest absolute Gasteiger partial charge is 0.261 e. The van der Waals surface area contributed by atoms with Gasteiger partial charge in [0.15, 0.2) is 11.5 Å². The van der Waals surface area contributed by atoms with E-state index in [4.69, 9.17) is 4.74 Å². The van der Waals surface area contributed by atoms with E-state index in [2.05, 4.69) is 17.1 Å². The number of carbonyl (C=O) groups is 1. The summed E-state index contributed by atoms with van der Waals surface area (Å²) in [5, 5.41) is 12.8. The minimum Gasteiger partial charge on any atom is -0.504 e. The van der Waals surface area contributed by atoms with Crippen molar-refractivity contribution in [2.75, 3.05) is 26.7 Å². The highest BCUT2D eigenvalue weighted by Gasteiger charge is 2.23. The summed E-state index contributed by atoms with van der Waals surface area (Å²) in [6, 6.07) is 9.44. The average Bonchev–Trinajstić information content (AvgIpc) is 3.29. The Bertz CT molecular complexity index is 750. The number of nitrogens with zero attached hydrogens (tertiary/aromatic N) is 1. The summed E-state index contributed by atoms with van der Waals surface area (Å²) >= 11 is 1.45. The lowest BCUT2D eigenvalue weighted by Gasteiger charge is -2.22. The molecule has 3 rings (SSSR count). The summed E-state index contributed by atoms with van der Waals surface area (Å²) in [6.07, 6.45) is 2.36. The molecule has 0 spiro atoms. The monoisotopic (exact) mass is 396 g/mol. The van der Waals surface area contributed by atoms with Crippen LogP contribution in [0.1, 0.15) is 29.4 Å². The molecular weight excluding hydrogens is 372 g/mol. The largest absolute Gasteiger partial charge is 0.504 e. The van der Waals surface area contributed by atoms with Crippen molar-refractivity contribution in [3.63, 3.8) is 0 Å². The second-order valence-corrected chi connectivity index (χ2v) is 7.27. The number of likely N-dealkylation sites (tertiary alicyclic amines) is 1. The molecule has 0 unspecified atom stereocenters. The summed E-state index contributed by atoms with van der Waals surface area (Å²) in [5.74, 6) is 0.514. The zero-order chi connectivity index (χ0) is 17.8. The van der Waals surface area contributed by atoms with E-state index in [0.29, 0.717) is 23.2 Å². The van der Waals surface area contributed by atoms with Crippen molar-refractivity contribution in [3.05, 3.63) is 35.2 Å². The molecule has 0 radical (unpaired) electrons. The Morgan fingerprint density at radius 2 is 2.19 bits per heavy atom. The van der Waals surface area contributed by atoms with Crippen LogP contribution in [0, 0.1) is 0 Å². The van der Waals surface area contributed by atoms with Crippen LogP contribution in [-0.2, 0) is 0 Å². The van der Waals surface area contributed by atoms with E-state index >= 15 is 0 Å². The Hall–Kier alpha value is -1.76. The number of rotatable bonds is 6. The lowest BCUT2D eigenvalue weighted by atomic mass is 10.1. The molecule has 5 nitrogen and oxygen atoms in total. The van der Waals surface area contributed by atoms with Gasteiger partial charge in [-0.1, -0.05) is 6.92 Å². The standard InChI is InChI=1S/C19H24N2O3S.ClH/c1-3-21-10-4-5-14(21)12-20-19(23)18-9-8-17(25-18)13-6-7-15(22)16(11-13)24-2;/h6-9,11,14,22H,3-5,10,12H2,1-2H3,(H,20,23);1H/t14-;/m0./s1. The molecule has 0 saturated carbocycles. The Balaban J connectivity index is 0.00000243. The number of phenolic OH excluding ortho intramolecular Hbond substituents is 1. The van der Waals surface area contributed by atoms with Crippen LogP contribution in [0.3, 0.4) is 0 Å². The van der Waals surface area contributed by atoms with E-state index in [0.717, 1.165) is 30.0 Å². The second-order valence-electron chi connectivity index (χ2n) is 6.19. The summed E-state index contributed by atoms with van der Waals surface area (Å²) in [6.45, 7) is 5.03. The predicted molar refractivity (Wildman–Crippen MR) is 108 cm³/mol. The third-order valence-corrected chi connectivity index (χ3v) is 5.83. The molecule has 2 heterocycles. The molecule has 1 atom stereocenters. The topological polar surface area (TPSA) is 61.8 Å². The Morgan fingerprint density at radius 3 is 2.92 bits per heavy atom. The molecule has 2 N–H and O–H groups in total. The molecule has 0 aliphatic carbocycles. The molecular formula is C19H25ClN2O3S. The van der Waals surface area contributed by atoms with Crippen LogP contribution in [0.4, 0.5) is 0 Å². The molecule has 1 aromatic heterocycles. The van der Waals surface area contributed by atoms with Gasteiger partial charge in [0.2, 0.25) is 0 Å². The number of hydrogen-bond donors (Lipinski definition) is 2. The molecule has 26 heavy (non-hydrogen) atoms. The van der Waals surface area contributed by atoms with Crippen LogP contribution in [0.25, 0.3) is 10.4 Å². The molecule has 0 bridgehead atoms. The third kappa shape index (κ3) is 4.50. The number of amides is 1. The van der Waals surface area contributed by atoms with Gasteiger partial charge in [-0.25, -0.2) is 0 Å². The fourth-order valence-electron chi connectivity index (χ4n) is 3.29. The zero-order valence-corrected chi connectivity index (χ0v) is 16.7. The number of phenols is 1. The molecule has 1 aliphatic rings. The van der Waals surface area contributed by atoms with Crippen LogP contribution in [-0.4, -0.2) is 48.7 Å². The van der Waals surface area contributed by atoms with E-state index in [-0.39, 0.29) is 24.1 Å². The van der Waals surface area contributed by atoms with Gasteiger partial charge in [-0.2, -0.15) is 0 Å². The number of aromatic hydroxyl groups is 1. The van der Waals surface area contributed by atoms with Gasteiger partial charge in [0.1, 0.15) is 0 Å². The van der Waals surface area contributed by atoms with Crippen LogP contribution in [0.5, 0.6) is 11.5 Å². The number of benzene rings is 1. The summed E-state index contributed by atoms with van der Waals surface area (Å²) in [4.78, 5) is 16.5. The SMILES string of the molecule is CCN1CCC[C@H]1CNC(=O)c1ccc(-c2ccc(O)c(OC)c2)s1.Cl. The van der Waals surface area contributed by atoms with Crippen molar-refractivity contribution in [2.24, 2.45) is 0 Å². The number of methoxy groups -OCH3 is 1. The highest BCUT2D eigenvalue weighted by Crippen LogP contribution is 2.34. The zero-order valence-electron chi connectivity index (χ0n) is 15.0.